The number of para-hydroxylation sites is 2. The smallest absolute Gasteiger partial charge is 0.330 e. The average Bonchev–Trinajstić information content (AvgIpc) is 3.09. The molecule has 0 N–H and O–H groups in total. The lowest BCUT2D eigenvalue weighted by Gasteiger charge is -2.29. The minimum atomic E-state index is -0.685. The Balaban J connectivity index is 1.81. The largest absolute Gasteiger partial charge is 0.462 e. The summed E-state index contributed by atoms with van der Waals surface area (Å²) in [5, 5.41) is 2.44. The number of aromatic nitrogens is 1. The van der Waals surface area contributed by atoms with Crippen LogP contribution in [0.2, 0.25) is 0 Å². The Morgan fingerprint density at radius 2 is 1.53 bits per heavy atom. The third-order valence-corrected chi connectivity index (χ3v) is 5.48. The minimum absolute atomic E-state index is 0.0246. The van der Waals surface area contributed by atoms with Crippen LogP contribution in [0.3, 0.4) is 0 Å². The monoisotopic (exact) mass is 407 g/mol. The van der Waals surface area contributed by atoms with Crippen molar-refractivity contribution in [2.45, 2.75) is 39.7 Å². The van der Waals surface area contributed by atoms with Crippen LogP contribution in [0.5, 0.6) is 0 Å². The van der Waals surface area contributed by atoms with Crippen LogP contribution in [0.25, 0.3) is 21.8 Å². The summed E-state index contributed by atoms with van der Waals surface area (Å²) in [4.78, 5) is 23.8. The molecule has 1 aromatic heterocycles. The second-order valence-corrected chi connectivity index (χ2v) is 8.06. The van der Waals surface area contributed by atoms with Gasteiger partial charge in [-0.2, -0.15) is 0 Å². The number of benzene rings is 2. The van der Waals surface area contributed by atoms with Gasteiger partial charge in [0.15, 0.2) is 0 Å². The molecule has 0 spiro atoms. The molecule has 0 fully saturated rings. The summed E-state index contributed by atoms with van der Waals surface area (Å²) >= 11 is 0. The summed E-state index contributed by atoms with van der Waals surface area (Å²) in [6.07, 6.45) is 2.61. The van der Waals surface area contributed by atoms with Gasteiger partial charge >= 0.3 is 11.9 Å². The van der Waals surface area contributed by atoms with Crippen LogP contribution >= 0.6 is 0 Å². The van der Waals surface area contributed by atoms with Gasteiger partial charge in [0.2, 0.25) is 0 Å². The van der Waals surface area contributed by atoms with Crippen molar-refractivity contribution in [1.29, 1.82) is 0 Å². The molecule has 1 atom stereocenters. The molecule has 0 aliphatic carbocycles. The zero-order chi connectivity index (χ0) is 21.7. The van der Waals surface area contributed by atoms with E-state index in [0.717, 1.165) is 12.5 Å². The van der Waals surface area contributed by atoms with Gasteiger partial charge in [-0.3, -0.25) is 4.79 Å². The van der Waals surface area contributed by atoms with Crippen molar-refractivity contribution < 1.29 is 19.1 Å². The van der Waals surface area contributed by atoms with E-state index in [2.05, 4.69) is 54.5 Å². The molecule has 1 heterocycles. The maximum Gasteiger partial charge on any atom is 0.330 e. The van der Waals surface area contributed by atoms with E-state index in [1.165, 1.54) is 21.8 Å². The molecule has 0 radical (unpaired) electrons. The molecule has 0 saturated carbocycles. The molecule has 5 nitrogen and oxygen atoms in total. The molecular weight excluding hydrogens is 378 g/mol. The lowest BCUT2D eigenvalue weighted by molar-refractivity contribution is -0.158. The number of hydrogen-bond donors (Lipinski definition) is 0. The van der Waals surface area contributed by atoms with Gasteiger partial charge in [-0.05, 0) is 38.8 Å². The van der Waals surface area contributed by atoms with Crippen molar-refractivity contribution in [1.82, 2.24) is 4.57 Å². The van der Waals surface area contributed by atoms with Crippen molar-refractivity contribution in [2.24, 2.45) is 5.41 Å². The molecule has 1 unspecified atom stereocenters. The fourth-order valence-electron chi connectivity index (χ4n) is 3.97. The van der Waals surface area contributed by atoms with Crippen LogP contribution in [-0.4, -0.2) is 29.7 Å². The zero-order valence-electron chi connectivity index (χ0n) is 17.9. The van der Waals surface area contributed by atoms with Crippen LogP contribution in [0.4, 0.5) is 0 Å². The minimum Gasteiger partial charge on any atom is -0.462 e. The quantitative estimate of drug-likeness (QED) is 0.269. The van der Waals surface area contributed by atoms with E-state index in [-0.39, 0.29) is 25.2 Å². The van der Waals surface area contributed by atoms with Gasteiger partial charge in [0.05, 0.1) is 5.41 Å². The fraction of sp³-hybridized carbons (Fsp3) is 0.360. The molecule has 5 heteroatoms. The van der Waals surface area contributed by atoms with Gasteiger partial charge in [0.25, 0.3) is 0 Å². The first-order chi connectivity index (χ1) is 14.4. The highest BCUT2D eigenvalue weighted by Gasteiger charge is 2.33. The molecule has 0 bridgehead atoms. The number of ether oxygens (including phenoxy) is 2. The summed E-state index contributed by atoms with van der Waals surface area (Å²) < 4.78 is 12.6. The highest BCUT2D eigenvalue weighted by atomic mass is 16.6. The van der Waals surface area contributed by atoms with Crippen molar-refractivity contribution in [2.75, 3.05) is 13.2 Å². The van der Waals surface area contributed by atoms with Crippen molar-refractivity contribution in [3.8, 4) is 0 Å². The van der Waals surface area contributed by atoms with E-state index in [4.69, 9.17) is 9.47 Å². The van der Waals surface area contributed by atoms with E-state index in [1.807, 2.05) is 26.0 Å². The first kappa shape index (κ1) is 21.6. The Labute approximate surface area is 177 Å². The Hall–Kier alpha value is -3.08. The number of hydrogen-bond acceptors (Lipinski definition) is 4. The van der Waals surface area contributed by atoms with Crippen LogP contribution in [0, 0.1) is 5.41 Å². The Morgan fingerprint density at radius 1 is 1.00 bits per heavy atom. The number of nitrogens with zero attached hydrogens (tertiary/aromatic N) is 1. The molecule has 30 heavy (non-hydrogen) atoms. The number of rotatable bonds is 9. The molecule has 158 valence electrons. The van der Waals surface area contributed by atoms with Gasteiger partial charge in [-0.1, -0.05) is 49.9 Å². The summed E-state index contributed by atoms with van der Waals surface area (Å²) in [5.74, 6) is -0.820. The molecule has 0 amide bonds. The highest BCUT2D eigenvalue weighted by molar-refractivity contribution is 6.08. The molecule has 3 aromatic rings. The molecule has 0 saturated heterocycles. The third kappa shape index (κ3) is 4.40. The van der Waals surface area contributed by atoms with Gasteiger partial charge in [-0.15, -0.1) is 0 Å². The summed E-state index contributed by atoms with van der Waals surface area (Å²) in [6.45, 7) is 9.35. The topological polar surface area (TPSA) is 57.5 Å². The van der Waals surface area contributed by atoms with E-state index in [1.54, 1.807) is 0 Å². The highest BCUT2D eigenvalue weighted by Crippen LogP contribution is 2.38. The third-order valence-electron chi connectivity index (χ3n) is 5.48. The van der Waals surface area contributed by atoms with E-state index in [0.29, 0.717) is 6.42 Å². The number of carbonyl (C=O) groups is 2. The van der Waals surface area contributed by atoms with Crippen LogP contribution in [-0.2, 0) is 19.1 Å². The van der Waals surface area contributed by atoms with Crippen LogP contribution < -0.4 is 0 Å². The zero-order valence-corrected chi connectivity index (χ0v) is 17.9. The number of esters is 2. The Morgan fingerprint density at radius 3 is 2.07 bits per heavy atom. The normalized spacial score (nSPS) is 12.6. The maximum atomic E-state index is 12.7. The van der Waals surface area contributed by atoms with Crippen LogP contribution in [0.1, 0.15) is 39.7 Å². The SMILES string of the molecule is C=CC(=O)OCCOC(=O)C(C)(C)CC(CC)n1c2ccccc2c2ccccc21. The summed E-state index contributed by atoms with van der Waals surface area (Å²) in [7, 11) is 0. The lowest BCUT2D eigenvalue weighted by atomic mass is 9.84. The van der Waals surface area contributed by atoms with E-state index in [9.17, 15) is 9.59 Å². The summed E-state index contributed by atoms with van der Waals surface area (Å²) in [6, 6.07) is 16.9. The fourth-order valence-corrected chi connectivity index (χ4v) is 3.97. The predicted molar refractivity (Wildman–Crippen MR) is 119 cm³/mol. The van der Waals surface area contributed by atoms with Crippen molar-refractivity contribution in [3.05, 3.63) is 61.2 Å². The second-order valence-electron chi connectivity index (χ2n) is 8.06. The molecule has 0 aliphatic heterocycles. The average molecular weight is 408 g/mol. The maximum absolute atomic E-state index is 12.7. The van der Waals surface area contributed by atoms with E-state index < -0.39 is 11.4 Å². The van der Waals surface area contributed by atoms with E-state index >= 15 is 0 Å². The van der Waals surface area contributed by atoms with Crippen LogP contribution in [0.15, 0.2) is 61.2 Å². The van der Waals surface area contributed by atoms with Crippen molar-refractivity contribution >= 4 is 33.7 Å². The van der Waals surface area contributed by atoms with Crippen molar-refractivity contribution in [3.63, 3.8) is 0 Å². The van der Waals surface area contributed by atoms with Gasteiger partial charge in [0.1, 0.15) is 13.2 Å². The molecular formula is C25H29NO4. The molecule has 2 aromatic carbocycles. The Bertz CT molecular complexity index is 1010. The molecule has 0 aliphatic rings. The van der Waals surface area contributed by atoms with Gasteiger partial charge in [-0.25, -0.2) is 4.79 Å². The lowest BCUT2D eigenvalue weighted by Crippen LogP contribution is -2.31. The first-order valence-corrected chi connectivity index (χ1v) is 10.3. The number of fused-ring (bicyclic) bond motifs is 3. The number of carbonyl (C=O) groups excluding carboxylic acids is 2. The predicted octanol–water partition coefficient (Wildman–Crippen LogP) is 5.43. The first-order valence-electron chi connectivity index (χ1n) is 10.3. The van der Waals surface area contributed by atoms with Gasteiger partial charge in [0, 0.05) is 33.9 Å². The standard InChI is InChI=1S/C25H29NO4/c1-5-18(17-25(3,4)24(28)30-16-15-29-23(27)6-2)26-21-13-9-7-11-19(21)20-12-8-10-14-22(20)26/h6-14,18H,2,5,15-17H2,1,3-4H3. The summed E-state index contributed by atoms with van der Waals surface area (Å²) in [5.41, 5.74) is 1.66. The van der Waals surface area contributed by atoms with Gasteiger partial charge < -0.3 is 14.0 Å². The Kier molecular flexibility index (Phi) is 6.60. The molecule has 3 rings (SSSR count). The second kappa shape index (κ2) is 9.16.